The zero-order valence-electron chi connectivity index (χ0n) is 8.44. The third-order valence-electron chi connectivity index (χ3n) is 2.75. The van der Waals surface area contributed by atoms with Gasteiger partial charge in [-0.3, -0.25) is 0 Å². The van der Waals surface area contributed by atoms with Crippen LogP contribution in [-0.2, 0) is 4.79 Å². The number of fused-ring (bicyclic) bond motifs is 1. The summed E-state index contributed by atoms with van der Waals surface area (Å²) in [5, 5.41) is 0. The molecule has 1 aliphatic rings. The number of nitrogens with zero attached hydrogens (tertiary/aromatic N) is 1. The van der Waals surface area contributed by atoms with Gasteiger partial charge in [0, 0.05) is 18.8 Å². The summed E-state index contributed by atoms with van der Waals surface area (Å²) in [5.74, 6) is 0.0812. The fraction of sp³-hybridized carbons (Fsp3) is 0.417. The number of carbonyl (C=O) groups excluding carboxylic acids is 1. The third kappa shape index (κ3) is 1.41. The molecule has 2 nitrogen and oxygen atoms in total. The summed E-state index contributed by atoms with van der Waals surface area (Å²) in [6, 6.07) is 8.21. The second-order valence-electron chi connectivity index (χ2n) is 3.75. The largest absolute Gasteiger partial charge is 0.370 e. The van der Waals surface area contributed by atoms with Gasteiger partial charge in [0.15, 0.2) is 0 Å². The minimum Gasteiger partial charge on any atom is -0.370 e. The van der Waals surface area contributed by atoms with Gasteiger partial charge in [-0.2, -0.15) is 0 Å². The minimum atomic E-state index is 0.0812. The standard InChI is InChI=1S/C12H15NO/c1-2-7-13-8-10(9-14)11-5-3-4-6-12(11)13/h3-6,9-10H,2,7-8H2,1H3. The number of anilines is 1. The molecule has 0 spiro atoms. The molecule has 0 amide bonds. The van der Waals surface area contributed by atoms with Crippen LogP contribution in [-0.4, -0.2) is 19.4 Å². The van der Waals surface area contributed by atoms with E-state index in [0.29, 0.717) is 0 Å². The summed E-state index contributed by atoms with van der Waals surface area (Å²) in [7, 11) is 0. The quantitative estimate of drug-likeness (QED) is 0.679. The van der Waals surface area contributed by atoms with Gasteiger partial charge in [-0.15, -0.1) is 0 Å². The van der Waals surface area contributed by atoms with Gasteiger partial charge in [-0.1, -0.05) is 25.1 Å². The van der Waals surface area contributed by atoms with E-state index in [-0.39, 0.29) is 5.92 Å². The molecular formula is C12H15NO. The van der Waals surface area contributed by atoms with E-state index < -0.39 is 0 Å². The summed E-state index contributed by atoms with van der Waals surface area (Å²) >= 11 is 0. The van der Waals surface area contributed by atoms with Crippen LogP contribution < -0.4 is 4.90 Å². The number of para-hydroxylation sites is 1. The Morgan fingerprint density at radius 2 is 2.29 bits per heavy atom. The molecule has 0 saturated heterocycles. The Labute approximate surface area is 84.5 Å². The van der Waals surface area contributed by atoms with Crippen molar-refractivity contribution in [2.75, 3.05) is 18.0 Å². The first-order valence-corrected chi connectivity index (χ1v) is 5.16. The van der Waals surface area contributed by atoms with Crippen molar-refractivity contribution < 1.29 is 4.79 Å². The van der Waals surface area contributed by atoms with Crippen LogP contribution in [0.2, 0.25) is 0 Å². The highest BCUT2D eigenvalue weighted by Crippen LogP contribution is 2.34. The van der Waals surface area contributed by atoms with Crippen LogP contribution in [0.25, 0.3) is 0 Å². The van der Waals surface area contributed by atoms with Crippen LogP contribution in [0.3, 0.4) is 0 Å². The van der Waals surface area contributed by atoms with Crippen molar-refractivity contribution in [2.45, 2.75) is 19.3 Å². The maximum absolute atomic E-state index is 10.9. The molecule has 74 valence electrons. The van der Waals surface area contributed by atoms with Gasteiger partial charge in [0.1, 0.15) is 6.29 Å². The molecule has 1 aliphatic heterocycles. The molecule has 1 aromatic rings. The lowest BCUT2D eigenvalue weighted by Crippen LogP contribution is -2.22. The van der Waals surface area contributed by atoms with E-state index in [0.717, 1.165) is 25.8 Å². The summed E-state index contributed by atoms with van der Waals surface area (Å²) in [4.78, 5) is 13.2. The highest BCUT2D eigenvalue weighted by Gasteiger charge is 2.26. The Hall–Kier alpha value is -1.31. The van der Waals surface area contributed by atoms with Crippen LogP contribution in [0.1, 0.15) is 24.8 Å². The molecule has 0 fully saturated rings. The lowest BCUT2D eigenvalue weighted by atomic mass is 10.0. The molecule has 0 radical (unpaired) electrons. The maximum Gasteiger partial charge on any atom is 0.129 e. The van der Waals surface area contributed by atoms with Crippen molar-refractivity contribution >= 4 is 12.0 Å². The fourth-order valence-corrected chi connectivity index (χ4v) is 2.12. The normalized spacial score (nSPS) is 19.5. The average Bonchev–Trinajstić information content (AvgIpc) is 2.58. The minimum absolute atomic E-state index is 0.0812. The first-order valence-electron chi connectivity index (χ1n) is 5.16. The Balaban J connectivity index is 2.33. The predicted octanol–water partition coefficient (Wildman–Crippen LogP) is 2.20. The Morgan fingerprint density at radius 1 is 1.50 bits per heavy atom. The number of rotatable bonds is 3. The monoisotopic (exact) mass is 189 g/mol. The number of hydrogen-bond donors (Lipinski definition) is 0. The van der Waals surface area contributed by atoms with Crippen LogP contribution in [0, 0.1) is 0 Å². The van der Waals surface area contributed by atoms with Crippen molar-refractivity contribution in [1.82, 2.24) is 0 Å². The highest BCUT2D eigenvalue weighted by molar-refractivity contribution is 5.74. The summed E-state index contributed by atoms with van der Waals surface area (Å²) in [5.41, 5.74) is 2.43. The van der Waals surface area contributed by atoms with Crippen molar-refractivity contribution in [1.29, 1.82) is 0 Å². The zero-order chi connectivity index (χ0) is 9.97. The molecule has 1 aromatic carbocycles. The average molecular weight is 189 g/mol. The molecule has 1 atom stereocenters. The van der Waals surface area contributed by atoms with E-state index >= 15 is 0 Å². The highest BCUT2D eigenvalue weighted by atomic mass is 16.1. The van der Waals surface area contributed by atoms with Crippen LogP contribution in [0.15, 0.2) is 24.3 Å². The van der Waals surface area contributed by atoms with Gasteiger partial charge in [-0.05, 0) is 18.1 Å². The SMILES string of the molecule is CCCN1CC(C=O)c2ccccc21. The molecule has 0 aliphatic carbocycles. The van der Waals surface area contributed by atoms with Gasteiger partial charge in [0.05, 0.1) is 5.92 Å². The van der Waals surface area contributed by atoms with Gasteiger partial charge < -0.3 is 9.69 Å². The molecule has 0 aromatic heterocycles. The number of carbonyl (C=O) groups is 1. The van der Waals surface area contributed by atoms with Gasteiger partial charge >= 0.3 is 0 Å². The Bertz CT molecular complexity index is 335. The van der Waals surface area contributed by atoms with Crippen LogP contribution in [0.4, 0.5) is 5.69 Å². The lowest BCUT2D eigenvalue weighted by Gasteiger charge is -2.17. The Kier molecular flexibility index (Phi) is 2.53. The fourth-order valence-electron chi connectivity index (χ4n) is 2.12. The molecule has 0 N–H and O–H groups in total. The van der Waals surface area contributed by atoms with Gasteiger partial charge in [-0.25, -0.2) is 0 Å². The maximum atomic E-state index is 10.9. The van der Waals surface area contributed by atoms with E-state index in [1.54, 1.807) is 0 Å². The molecule has 1 heterocycles. The molecule has 1 unspecified atom stereocenters. The molecule has 0 bridgehead atoms. The lowest BCUT2D eigenvalue weighted by molar-refractivity contribution is -0.108. The van der Waals surface area contributed by atoms with E-state index in [2.05, 4.69) is 24.0 Å². The molecule has 0 saturated carbocycles. The molecular weight excluding hydrogens is 174 g/mol. The van der Waals surface area contributed by atoms with E-state index in [4.69, 9.17) is 0 Å². The van der Waals surface area contributed by atoms with Crippen molar-refractivity contribution in [3.8, 4) is 0 Å². The van der Waals surface area contributed by atoms with Gasteiger partial charge in [0.25, 0.3) is 0 Å². The summed E-state index contributed by atoms with van der Waals surface area (Å²) in [6.07, 6.45) is 2.19. The second kappa shape index (κ2) is 3.82. The first-order chi connectivity index (χ1) is 6.86. The predicted molar refractivity (Wildman–Crippen MR) is 57.8 cm³/mol. The third-order valence-corrected chi connectivity index (χ3v) is 2.75. The number of benzene rings is 1. The zero-order valence-corrected chi connectivity index (χ0v) is 8.44. The van der Waals surface area contributed by atoms with Crippen LogP contribution >= 0.6 is 0 Å². The van der Waals surface area contributed by atoms with E-state index in [1.807, 2.05) is 12.1 Å². The number of hydrogen-bond acceptors (Lipinski definition) is 2. The van der Waals surface area contributed by atoms with Crippen molar-refractivity contribution in [3.05, 3.63) is 29.8 Å². The smallest absolute Gasteiger partial charge is 0.129 e. The van der Waals surface area contributed by atoms with Crippen molar-refractivity contribution in [2.24, 2.45) is 0 Å². The van der Waals surface area contributed by atoms with E-state index in [1.165, 1.54) is 11.3 Å². The second-order valence-corrected chi connectivity index (χ2v) is 3.75. The Morgan fingerprint density at radius 3 is 3.00 bits per heavy atom. The first kappa shape index (κ1) is 9.25. The van der Waals surface area contributed by atoms with Crippen molar-refractivity contribution in [3.63, 3.8) is 0 Å². The summed E-state index contributed by atoms with van der Waals surface area (Å²) in [6.45, 7) is 4.06. The van der Waals surface area contributed by atoms with Gasteiger partial charge in [0.2, 0.25) is 0 Å². The molecule has 2 rings (SSSR count). The summed E-state index contributed by atoms with van der Waals surface area (Å²) < 4.78 is 0. The topological polar surface area (TPSA) is 20.3 Å². The molecule has 2 heteroatoms. The van der Waals surface area contributed by atoms with E-state index in [9.17, 15) is 4.79 Å². The number of aldehydes is 1. The molecule has 14 heavy (non-hydrogen) atoms. The van der Waals surface area contributed by atoms with Crippen LogP contribution in [0.5, 0.6) is 0 Å².